The molecule has 0 aliphatic heterocycles. The summed E-state index contributed by atoms with van der Waals surface area (Å²) in [7, 11) is 5.52. The van der Waals surface area contributed by atoms with Gasteiger partial charge in [-0.15, -0.1) is 0 Å². The minimum Gasteiger partial charge on any atom is -0.497 e. The Bertz CT molecular complexity index is 1050. The first-order valence-corrected chi connectivity index (χ1v) is 10.6. The number of methoxy groups -OCH3 is 1. The Balaban J connectivity index is 1.48. The monoisotopic (exact) mass is 447 g/mol. The molecule has 0 unspecified atom stereocenters. The molecule has 0 radical (unpaired) electrons. The van der Waals surface area contributed by atoms with Crippen LogP contribution in [0.1, 0.15) is 22.0 Å². The Kier molecular flexibility index (Phi) is 8.43. The molecule has 7 heteroatoms. The van der Waals surface area contributed by atoms with E-state index in [1.54, 1.807) is 31.4 Å². The van der Waals surface area contributed by atoms with Crippen molar-refractivity contribution < 1.29 is 19.1 Å². The predicted octanol–water partition coefficient (Wildman–Crippen LogP) is 3.64. The van der Waals surface area contributed by atoms with Crippen LogP contribution < -0.4 is 20.1 Å². The molecule has 0 aliphatic rings. The summed E-state index contributed by atoms with van der Waals surface area (Å²) < 4.78 is 11.0. The van der Waals surface area contributed by atoms with E-state index >= 15 is 0 Å². The van der Waals surface area contributed by atoms with Crippen molar-refractivity contribution in [3.63, 3.8) is 0 Å². The van der Waals surface area contributed by atoms with Crippen molar-refractivity contribution in [2.75, 3.05) is 34.3 Å². The third kappa shape index (κ3) is 7.08. The molecule has 0 saturated carbocycles. The van der Waals surface area contributed by atoms with Crippen molar-refractivity contribution in [1.29, 1.82) is 0 Å². The molecule has 0 aromatic heterocycles. The minimum atomic E-state index is -0.326. The normalized spacial score (nSPS) is 11.5. The number of amides is 2. The molecule has 0 bridgehead atoms. The van der Waals surface area contributed by atoms with Gasteiger partial charge in [0.1, 0.15) is 17.2 Å². The third-order valence-electron chi connectivity index (χ3n) is 5.10. The van der Waals surface area contributed by atoms with Gasteiger partial charge in [0.2, 0.25) is 5.91 Å². The van der Waals surface area contributed by atoms with E-state index in [1.165, 1.54) is 0 Å². The number of likely N-dealkylation sites (N-methyl/N-ethyl adjacent to an activating group) is 1. The highest BCUT2D eigenvalue weighted by Gasteiger charge is 2.16. The van der Waals surface area contributed by atoms with Crippen LogP contribution in [0.5, 0.6) is 17.2 Å². The van der Waals surface area contributed by atoms with Crippen LogP contribution in [0.2, 0.25) is 0 Å². The lowest BCUT2D eigenvalue weighted by Crippen LogP contribution is -2.40. The topological polar surface area (TPSA) is 79.9 Å². The molecule has 2 N–H and O–H groups in total. The Morgan fingerprint density at radius 2 is 1.52 bits per heavy atom. The fraction of sp³-hybridized carbons (Fsp3) is 0.231. The van der Waals surface area contributed by atoms with Crippen molar-refractivity contribution in [2.45, 2.75) is 6.04 Å². The Morgan fingerprint density at radius 1 is 0.848 bits per heavy atom. The number of benzene rings is 3. The number of para-hydroxylation sites is 1. The summed E-state index contributed by atoms with van der Waals surface area (Å²) in [5.74, 6) is 1.52. The number of carbonyl (C=O) groups is 2. The van der Waals surface area contributed by atoms with E-state index in [1.807, 2.05) is 73.6 Å². The lowest BCUT2D eigenvalue weighted by Gasteiger charge is -2.25. The number of hydrogen-bond donors (Lipinski definition) is 2. The molecule has 3 rings (SSSR count). The molecule has 0 fully saturated rings. The maximum atomic E-state index is 12.4. The summed E-state index contributed by atoms with van der Waals surface area (Å²) >= 11 is 0. The van der Waals surface area contributed by atoms with Gasteiger partial charge >= 0.3 is 0 Å². The van der Waals surface area contributed by atoms with E-state index in [0.29, 0.717) is 17.9 Å². The van der Waals surface area contributed by atoms with Gasteiger partial charge in [0.25, 0.3) is 5.91 Å². The van der Waals surface area contributed by atoms with Crippen LogP contribution in [-0.4, -0.2) is 51.0 Å². The summed E-state index contributed by atoms with van der Waals surface area (Å²) in [4.78, 5) is 26.8. The van der Waals surface area contributed by atoms with Crippen molar-refractivity contribution in [1.82, 2.24) is 15.5 Å². The van der Waals surface area contributed by atoms with E-state index in [4.69, 9.17) is 9.47 Å². The Morgan fingerprint density at radius 3 is 2.18 bits per heavy atom. The minimum absolute atomic E-state index is 0.0306. The largest absolute Gasteiger partial charge is 0.497 e. The zero-order valence-corrected chi connectivity index (χ0v) is 19.1. The molecule has 7 nitrogen and oxygen atoms in total. The number of nitrogens with zero attached hydrogens (tertiary/aromatic N) is 1. The second kappa shape index (κ2) is 11.7. The highest BCUT2D eigenvalue weighted by molar-refractivity contribution is 5.96. The van der Waals surface area contributed by atoms with Crippen molar-refractivity contribution >= 4 is 11.8 Å². The summed E-state index contributed by atoms with van der Waals surface area (Å²) in [5.41, 5.74) is 1.48. The van der Waals surface area contributed by atoms with Gasteiger partial charge in [-0.05, 0) is 68.2 Å². The Hall–Kier alpha value is -3.84. The van der Waals surface area contributed by atoms with Crippen LogP contribution in [0.3, 0.4) is 0 Å². The lowest BCUT2D eigenvalue weighted by molar-refractivity contribution is -0.120. The number of hydrogen-bond acceptors (Lipinski definition) is 5. The van der Waals surface area contributed by atoms with Crippen LogP contribution in [0, 0.1) is 0 Å². The smallest absolute Gasteiger partial charge is 0.251 e. The third-order valence-corrected chi connectivity index (χ3v) is 5.10. The second-order valence-electron chi connectivity index (χ2n) is 7.68. The maximum absolute atomic E-state index is 12.4. The quantitative estimate of drug-likeness (QED) is 0.496. The van der Waals surface area contributed by atoms with Gasteiger partial charge in [-0.2, -0.15) is 0 Å². The molecule has 172 valence electrons. The van der Waals surface area contributed by atoms with Crippen molar-refractivity contribution in [3.8, 4) is 17.2 Å². The van der Waals surface area contributed by atoms with Gasteiger partial charge in [0, 0.05) is 12.1 Å². The average molecular weight is 448 g/mol. The summed E-state index contributed by atoms with van der Waals surface area (Å²) in [5, 5.41) is 5.54. The highest BCUT2D eigenvalue weighted by atomic mass is 16.5. The van der Waals surface area contributed by atoms with E-state index < -0.39 is 0 Å². The molecule has 2 amide bonds. The molecular weight excluding hydrogens is 418 g/mol. The van der Waals surface area contributed by atoms with Gasteiger partial charge in [-0.1, -0.05) is 30.3 Å². The average Bonchev–Trinajstić information content (AvgIpc) is 2.83. The first-order valence-electron chi connectivity index (χ1n) is 10.6. The second-order valence-corrected chi connectivity index (χ2v) is 7.68. The van der Waals surface area contributed by atoms with Gasteiger partial charge < -0.3 is 25.0 Å². The van der Waals surface area contributed by atoms with E-state index in [2.05, 4.69) is 10.6 Å². The van der Waals surface area contributed by atoms with Crippen molar-refractivity contribution in [2.24, 2.45) is 0 Å². The van der Waals surface area contributed by atoms with Gasteiger partial charge in [-0.3, -0.25) is 9.59 Å². The van der Waals surface area contributed by atoms with Crippen LogP contribution in [0.4, 0.5) is 0 Å². The van der Waals surface area contributed by atoms with Crippen LogP contribution in [0.15, 0.2) is 78.9 Å². The molecule has 0 aliphatic carbocycles. The van der Waals surface area contributed by atoms with Gasteiger partial charge in [-0.25, -0.2) is 0 Å². The number of ether oxygens (including phenoxy) is 2. The number of nitrogens with one attached hydrogen (secondary N) is 2. The van der Waals surface area contributed by atoms with Crippen LogP contribution in [-0.2, 0) is 4.79 Å². The molecule has 1 atom stereocenters. The molecule has 3 aromatic rings. The van der Waals surface area contributed by atoms with Crippen LogP contribution >= 0.6 is 0 Å². The van der Waals surface area contributed by atoms with Crippen molar-refractivity contribution in [3.05, 3.63) is 90.0 Å². The molecular formula is C26H29N3O4. The fourth-order valence-corrected chi connectivity index (χ4v) is 3.28. The molecule has 0 saturated heterocycles. The highest BCUT2D eigenvalue weighted by Crippen LogP contribution is 2.22. The van der Waals surface area contributed by atoms with Gasteiger partial charge in [0.15, 0.2) is 0 Å². The molecule has 33 heavy (non-hydrogen) atoms. The van der Waals surface area contributed by atoms with E-state index in [9.17, 15) is 9.59 Å². The zero-order chi connectivity index (χ0) is 23.6. The Labute approximate surface area is 194 Å². The summed E-state index contributed by atoms with van der Waals surface area (Å²) in [6.45, 7) is 0.291. The molecule has 3 aromatic carbocycles. The van der Waals surface area contributed by atoms with Gasteiger partial charge in [0.05, 0.1) is 19.7 Å². The standard InChI is InChI=1S/C26H29N3O4/c1-29(2)24(20-8-7-11-23(16-20)32-3)17-27-25(30)18-28-26(31)19-12-14-22(15-13-19)33-21-9-5-4-6-10-21/h4-16,24H,17-18H2,1-3H3,(H,27,30)(H,28,31)/t24-/m1/s1. The zero-order valence-electron chi connectivity index (χ0n) is 19.1. The molecule has 0 spiro atoms. The van der Waals surface area contributed by atoms with E-state index in [0.717, 1.165) is 17.1 Å². The fourth-order valence-electron chi connectivity index (χ4n) is 3.28. The lowest BCUT2D eigenvalue weighted by atomic mass is 10.1. The first-order chi connectivity index (χ1) is 16.0. The number of carbonyl (C=O) groups excluding carboxylic acids is 2. The SMILES string of the molecule is COc1cccc([C@@H](CNC(=O)CNC(=O)c2ccc(Oc3ccccc3)cc2)N(C)C)c1. The number of rotatable bonds is 10. The first kappa shape index (κ1) is 23.8. The predicted molar refractivity (Wildman–Crippen MR) is 128 cm³/mol. The van der Waals surface area contributed by atoms with E-state index in [-0.39, 0.29) is 24.4 Å². The summed E-state index contributed by atoms with van der Waals surface area (Å²) in [6.07, 6.45) is 0. The maximum Gasteiger partial charge on any atom is 0.251 e. The summed E-state index contributed by atoms with van der Waals surface area (Å²) in [6, 6.07) is 23.9. The molecule has 0 heterocycles. The van der Waals surface area contributed by atoms with Crippen LogP contribution in [0.25, 0.3) is 0 Å².